The molecule has 6 nitrogen and oxygen atoms in total. The van der Waals surface area contributed by atoms with Crippen molar-refractivity contribution < 1.29 is 12.9 Å². The van der Waals surface area contributed by atoms with Crippen LogP contribution in [0.5, 0.6) is 0 Å². The largest absolute Gasteiger partial charge is 0.355 e. The lowest BCUT2D eigenvalue weighted by molar-refractivity contribution is 0.222. The van der Waals surface area contributed by atoms with Crippen LogP contribution in [0.25, 0.3) is 10.6 Å². The summed E-state index contributed by atoms with van der Waals surface area (Å²) in [5.41, 5.74) is 1.78. The molecule has 0 aliphatic carbocycles. The standard InChI is InChI=1S/C15H21N3O3S2/c1-10-11(2)16-21-15(10)13-9-14(12(3)22-13)23(19,20)18-7-5-17(4)6-8-18/h9H,5-8H2,1-4H3. The van der Waals surface area contributed by atoms with Crippen LogP contribution in [0.2, 0.25) is 0 Å². The van der Waals surface area contributed by atoms with Gasteiger partial charge in [-0.25, -0.2) is 8.42 Å². The molecule has 23 heavy (non-hydrogen) atoms. The third-order valence-corrected chi connectivity index (χ3v) is 7.54. The van der Waals surface area contributed by atoms with Gasteiger partial charge in [0.05, 0.1) is 15.5 Å². The van der Waals surface area contributed by atoms with Gasteiger partial charge in [0.2, 0.25) is 10.0 Å². The minimum absolute atomic E-state index is 0.385. The highest BCUT2D eigenvalue weighted by atomic mass is 32.2. The maximum absolute atomic E-state index is 12.9. The van der Waals surface area contributed by atoms with Crippen LogP contribution < -0.4 is 0 Å². The summed E-state index contributed by atoms with van der Waals surface area (Å²) in [6.45, 7) is 8.24. The summed E-state index contributed by atoms with van der Waals surface area (Å²) in [6.07, 6.45) is 0. The Bertz CT molecular complexity index is 815. The van der Waals surface area contributed by atoms with Crippen LogP contribution in [0.1, 0.15) is 16.1 Å². The summed E-state index contributed by atoms with van der Waals surface area (Å²) in [5.74, 6) is 0.662. The Balaban J connectivity index is 1.96. The highest BCUT2D eigenvalue weighted by Crippen LogP contribution is 2.37. The number of rotatable bonds is 3. The SMILES string of the molecule is Cc1noc(-c2cc(S(=O)(=O)N3CCN(C)CC3)c(C)s2)c1C. The zero-order valence-corrected chi connectivity index (χ0v) is 15.4. The fourth-order valence-corrected chi connectivity index (χ4v) is 5.66. The van der Waals surface area contributed by atoms with Gasteiger partial charge in [0.25, 0.3) is 0 Å². The molecule has 126 valence electrons. The van der Waals surface area contributed by atoms with Gasteiger partial charge in [0.15, 0.2) is 5.76 Å². The van der Waals surface area contributed by atoms with Gasteiger partial charge in [-0.05, 0) is 33.9 Å². The Hall–Kier alpha value is -1.22. The number of hydrogen-bond acceptors (Lipinski definition) is 6. The van der Waals surface area contributed by atoms with E-state index in [1.165, 1.54) is 11.3 Å². The maximum atomic E-state index is 12.9. The molecule has 0 N–H and O–H groups in total. The molecule has 0 unspecified atom stereocenters. The van der Waals surface area contributed by atoms with E-state index in [2.05, 4.69) is 10.1 Å². The predicted molar refractivity (Wildman–Crippen MR) is 90.3 cm³/mol. The quantitative estimate of drug-likeness (QED) is 0.845. The minimum Gasteiger partial charge on any atom is -0.355 e. The second kappa shape index (κ2) is 6.01. The third kappa shape index (κ3) is 2.96. The number of piperazine rings is 1. The Morgan fingerprint density at radius 2 is 1.83 bits per heavy atom. The number of aryl methyl sites for hydroxylation is 2. The summed E-state index contributed by atoms with van der Waals surface area (Å²) in [6, 6.07) is 1.72. The Labute approximate surface area is 140 Å². The molecule has 8 heteroatoms. The van der Waals surface area contributed by atoms with Gasteiger partial charge >= 0.3 is 0 Å². The molecule has 3 rings (SSSR count). The van der Waals surface area contributed by atoms with E-state index >= 15 is 0 Å². The molecule has 0 amide bonds. The van der Waals surface area contributed by atoms with E-state index in [4.69, 9.17) is 4.52 Å². The highest BCUT2D eigenvalue weighted by Gasteiger charge is 2.30. The lowest BCUT2D eigenvalue weighted by atomic mass is 10.2. The van der Waals surface area contributed by atoms with E-state index < -0.39 is 10.0 Å². The second-order valence-electron chi connectivity index (χ2n) is 5.96. The van der Waals surface area contributed by atoms with E-state index in [1.807, 2.05) is 27.8 Å². The zero-order chi connectivity index (χ0) is 16.8. The first-order chi connectivity index (χ1) is 10.8. The van der Waals surface area contributed by atoms with Crippen molar-refractivity contribution in [2.75, 3.05) is 33.2 Å². The average Bonchev–Trinajstić information content (AvgIpc) is 3.04. The van der Waals surface area contributed by atoms with E-state index in [9.17, 15) is 8.42 Å². The van der Waals surface area contributed by atoms with Crippen LogP contribution in [0, 0.1) is 20.8 Å². The minimum atomic E-state index is -3.45. The lowest BCUT2D eigenvalue weighted by Crippen LogP contribution is -2.47. The van der Waals surface area contributed by atoms with Crippen molar-refractivity contribution in [3.05, 3.63) is 22.2 Å². The second-order valence-corrected chi connectivity index (χ2v) is 9.12. The molecule has 0 bridgehead atoms. The van der Waals surface area contributed by atoms with E-state index in [0.717, 1.165) is 34.1 Å². The molecule has 2 aromatic rings. The molecular formula is C15H21N3O3S2. The number of hydrogen-bond donors (Lipinski definition) is 0. The molecule has 0 saturated carbocycles. The molecule has 1 aliphatic rings. The van der Waals surface area contributed by atoms with Crippen LogP contribution in [-0.4, -0.2) is 56.0 Å². The molecule has 2 aromatic heterocycles. The molecule has 0 aromatic carbocycles. The molecule has 0 radical (unpaired) electrons. The van der Waals surface area contributed by atoms with Gasteiger partial charge in [-0.1, -0.05) is 5.16 Å². The van der Waals surface area contributed by atoms with Crippen LogP contribution in [0.15, 0.2) is 15.5 Å². The van der Waals surface area contributed by atoms with Gasteiger partial charge in [-0.3, -0.25) is 0 Å². The van der Waals surface area contributed by atoms with Gasteiger partial charge in [0.1, 0.15) is 0 Å². The monoisotopic (exact) mass is 355 g/mol. The topological polar surface area (TPSA) is 66.7 Å². The fourth-order valence-electron chi connectivity index (χ4n) is 2.65. The summed E-state index contributed by atoms with van der Waals surface area (Å²) in [4.78, 5) is 4.12. The van der Waals surface area contributed by atoms with Crippen molar-refractivity contribution in [3.8, 4) is 10.6 Å². The summed E-state index contributed by atoms with van der Waals surface area (Å²) >= 11 is 1.44. The number of sulfonamides is 1. The van der Waals surface area contributed by atoms with E-state index in [1.54, 1.807) is 10.4 Å². The first kappa shape index (κ1) is 16.6. The molecule has 3 heterocycles. The summed E-state index contributed by atoms with van der Waals surface area (Å²) in [5, 5.41) is 3.96. The number of likely N-dealkylation sites (N-methyl/N-ethyl adjacent to an activating group) is 1. The van der Waals surface area contributed by atoms with E-state index in [0.29, 0.717) is 23.7 Å². The Kier molecular flexibility index (Phi) is 4.35. The first-order valence-electron chi connectivity index (χ1n) is 7.53. The molecule has 0 spiro atoms. The average molecular weight is 355 g/mol. The Morgan fingerprint density at radius 3 is 2.39 bits per heavy atom. The molecule has 1 fully saturated rings. The van der Waals surface area contributed by atoms with Crippen molar-refractivity contribution in [2.45, 2.75) is 25.7 Å². The predicted octanol–water partition coefficient (Wildman–Crippen LogP) is 2.26. The number of nitrogens with zero attached hydrogens (tertiary/aromatic N) is 3. The molecule has 0 atom stereocenters. The van der Waals surface area contributed by atoms with Crippen molar-refractivity contribution in [3.63, 3.8) is 0 Å². The third-order valence-electron chi connectivity index (χ3n) is 4.33. The highest BCUT2D eigenvalue weighted by molar-refractivity contribution is 7.89. The normalized spacial score (nSPS) is 17.7. The molecular weight excluding hydrogens is 334 g/mol. The Morgan fingerprint density at radius 1 is 1.17 bits per heavy atom. The van der Waals surface area contributed by atoms with Gasteiger partial charge < -0.3 is 9.42 Å². The van der Waals surface area contributed by atoms with Crippen molar-refractivity contribution in [1.29, 1.82) is 0 Å². The zero-order valence-electron chi connectivity index (χ0n) is 13.8. The van der Waals surface area contributed by atoms with Crippen molar-refractivity contribution >= 4 is 21.4 Å². The van der Waals surface area contributed by atoms with Crippen LogP contribution >= 0.6 is 11.3 Å². The molecule has 1 saturated heterocycles. The lowest BCUT2D eigenvalue weighted by Gasteiger charge is -2.31. The van der Waals surface area contributed by atoms with E-state index in [-0.39, 0.29) is 0 Å². The van der Waals surface area contributed by atoms with Crippen LogP contribution in [0.4, 0.5) is 0 Å². The van der Waals surface area contributed by atoms with Crippen molar-refractivity contribution in [2.24, 2.45) is 0 Å². The summed E-state index contributed by atoms with van der Waals surface area (Å²) < 4.78 is 32.8. The van der Waals surface area contributed by atoms with Gasteiger partial charge in [0, 0.05) is 36.6 Å². The number of aromatic nitrogens is 1. The summed E-state index contributed by atoms with van der Waals surface area (Å²) in [7, 11) is -1.45. The first-order valence-corrected chi connectivity index (χ1v) is 9.78. The smallest absolute Gasteiger partial charge is 0.244 e. The van der Waals surface area contributed by atoms with Crippen LogP contribution in [0.3, 0.4) is 0 Å². The fraction of sp³-hybridized carbons (Fsp3) is 0.533. The van der Waals surface area contributed by atoms with Crippen molar-refractivity contribution in [1.82, 2.24) is 14.4 Å². The van der Waals surface area contributed by atoms with Gasteiger partial charge in [-0.15, -0.1) is 11.3 Å². The molecule has 1 aliphatic heterocycles. The maximum Gasteiger partial charge on any atom is 0.244 e. The van der Waals surface area contributed by atoms with Crippen LogP contribution in [-0.2, 0) is 10.0 Å². The number of thiophene rings is 1. The van der Waals surface area contributed by atoms with Gasteiger partial charge in [-0.2, -0.15) is 4.31 Å².